The zero-order chi connectivity index (χ0) is 13.3. The Morgan fingerprint density at radius 1 is 1.44 bits per heavy atom. The Hall–Kier alpha value is -1.55. The van der Waals surface area contributed by atoms with Crippen molar-refractivity contribution in [2.45, 2.75) is 25.9 Å². The first kappa shape index (κ1) is 12.9. The van der Waals surface area contributed by atoms with E-state index in [2.05, 4.69) is 0 Å². The van der Waals surface area contributed by atoms with Gasteiger partial charge >= 0.3 is 0 Å². The number of aryl methyl sites for hydroxylation is 1. The van der Waals surface area contributed by atoms with Crippen molar-refractivity contribution in [1.82, 2.24) is 4.90 Å². The third-order valence-corrected chi connectivity index (χ3v) is 3.56. The number of hydrogen-bond donors (Lipinski definition) is 2. The summed E-state index contributed by atoms with van der Waals surface area (Å²) in [5, 5.41) is 19.1. The lowest BCUT2D eigenvalue weighted by Gasteiger charge is -2.34. The number of nitrogens with zero attached hydrogens (tertiary/aromatic N) is 1. The van der Waals surface area contributed by atoms with E-state index in [0.717, 1.165) is 12.8 Å². The third kappa shape index (κ3) is 2.48. The number of aliphatic hydroxyl groups is 1. The SMILES string of the molecule is Cc1cccc(C(=O)N(C)CC2CC(O)C2)c1O. The molecule has 0 heterocycles. The lowest BCUT2D eigenvalue weighted by atomic mass is 9.82. The van der Waals surface area contributed by atoms with Crippen molar-refractivity contribution in [2.75, 3.05) is 13.6 Å². The maximum absolute atomic E-state index is 12.2. The monoisotopic (exact) mass is 249 g/mol. The number of carbonyl (C=O) groups is 1. The van der Waals surface area contributed by atoms with Gasteiger partial charge in [0.1, 0.15) is 5.75 Å². The van der Waals surface area contributed by atoms with Crippen LogP contribution in [0.1, 0.15) is 28.8 Å². The fourth-order valence-corrected chi connectivity index (χ4v) is 2.36. The highest BCUT2D eigenvalue weighted by atomic mass is 16.3. The Labute approximate surface area is 107 Å². The summed E-state index contributed by atoms with van der Waals surface area (Å²) in [5.41, 5.74) is 1.05. The molecule has 0 atom stereocenters. The van der Waals surface area contributed by atoms with Gasteiger partial charge in [0, 0.05) is 13.6 Å². The molecule has 98 valence electrons. The Morgan fingerprint density at radius 2 is 2.11 bits per heavy atom. The molecule has 0 radical (unpaired) electrons. The van der Waals surface area contributed by atoms with Crippen LogP contribution in [0.2, 0.25) is 0 Å². The predicted molar refractivity (Wildman–Crippen MR) is 68.5 cm³/mol. The molecule has 1 aromatic rings. The van der Waals surface area contributed by atoms with Crippen LogP contribution in [0.3, 0.4) is 0 Å². The van der Waals surface area contributed by atoms with E-state index in [0.29, 0.717) is 23.6 Å². The van der Waals surface area contributed by atoms with Crippen LogP contribution in [0.25, 0.3) is 0 Å². The number of rotatable bonds is 3. The molecule has 0 spiro atoms. The van der Waals surface area contributed by atoms with Gasteiger partial charge in [0.05, 0.1) is 11.7 Å². The topological polar surface area (TPSA) is 60.8 Å². The molecule has 18 heavy (non-hydrogen) atoms. The first-order valence-corrected chi connectivity index (χ1v) is 6.21. The van der Waals surface area contributed by atoms with Crippen molar-refractivity contribution < 1.29 is 15.0 Å². The fraction of sp³-hybridized carbons (Fsp3) is 0.500. The molecular weight excluding hydrogens is 230 g/mol. The van der Waals surface area contributed by atoms with Crippen molar-refractivity contribution in [1.29, 1.82) is 0 Å². The number of carbonyl (C=O) groups excluding carboxylic acids is 1. The van der Waals surface area contributed by atoms with Crippen molar-refractivity contribution in [2.24, 2.45) is 5.92 Å². The number of para-hydroxylation sites is 1. The van der Waals surface area contributed by atoms with E-state index >= 15 is 0 Å². The van der Waals surface area contributed by atoms with Crippen LogP contribution >= 0.6 is 0 Å². The number of phenols is 1. The van der Waals surface area contributed by atoms with Gasteiger partial charge in [0.25, 0.3) is 5.91 Å². The fourth-order valence-electron chi connectivity index (χ4n) is 2.36. The summed E-state index contributed by atoms with van der Waals surface area (Å²) in [6, 6.07) is 5.18. The molecule has 1 aromatic carbocycles. The van der Waals surface area contributed by atoms with Gasteiger partial charge in [0.15, 0.2) is 0 Å². The molecule has 1 aliphatic rings. The Kier molecular flexibility index (Phi) is 3.57. The van der Waals surface area contributed by atoms with Crippen LogP contribution in [0.5, 0.6) is 5.75 Å². The van der Waals surface area contributed by atoms with Gasteiger partial charge in [-0.2, -0.15) is 0 Å². The number of aromatic hydroxyl groups is 1. The van der Waals surface area contributed by atoms with E-state index in [1.807, 2.05) is 0 Å². The first-order valence-electron chi connectivity index (χ1n) is 6.21. The van der Waals surface area contributed by atoms with E-state index in [1.165, 1.54) is 0 Å². The molecule has 2 N–H and O–H groups in total. The summed E-state index contributed by atoms with van der Waals surface area (Å²) >= 11 is 0. The normalized spacial score (nSPS) is 22.4. The molecule has 0 aliphatic heterocycles. The number of aliphatic hydroxyl groups excluding tert-OH is 1. The number of benzene rings is 1. The Bertz CT molecular complexity index is 452. The van der Waals surface area contributed by atoms with Gasteiger partial charge in [0.2, 0.25) is 0 Å². The molecule has 0 saturated heterocycles. The lowest BCUT2D eigenvalue weighted by Crippen LogP contribution is -2.39. The van der Waals surface area contributed by atoms with Gasteiger partial charge in [-0.15, -0.1) is 0 Å². The average Bonchev–Trinajstić information content (AvgIpc) is 2.30. The number of amides is 1. The summed E-state index contributed by atoms with van der Waals surface area (Å²) in [4.78, 5) is 13.8. The van der Waals surface area contributed by atoms with Gasteiger partial charge in [-0.25, -0.2) is 0 Å². The van der Waals surface area contributed by atoms with Crippen LogP contribution in [0.4, 0.5) is 0 Å². The standard InChI is InChI=1S/C14H19NO3/c1-9-4-3-5-12(13(9)17)14(18)15(2)8-10-6-11(16)7-10/h3-5,10-11,16-17H,6-8H2,1-2H3. The van der Waals surface area contributed by atoms with Gasteiger partial charge < -0.3 is 15.1 Å². The molecular formula is C14H19NO3. The minimum absolute atomic E-state index is 0.0583. The molecule has 2 rings (SSSR count). The average molecular weight is 249 g/mol. The van der Waals surface area contributed by atoms with Crippen molar-refractivity contribution in [3.63, 3.8) is 0 Å². The van der Waals surface area contributed by atoms with Crippen molar-refractivity contribution in [3.8, 4) is 5.75 Å². The van der Waals surface area contributed by atoms with E-state index in [9.17, 15) is 15.0 Å². The first-order chi connectivity index (χ1) is 8.49. The van der Waals surface area contributed by atoms with Gasteiger partial charge in [-0.3, -0.25) is 4.79 Å². The Balaban J connectivity index is 2.04. The summed E-state index contributed by atoms with van der Waals surface area (Å²) < 4.78 is 0. The summed E-state index contributed by atoms with van der Waals surface area (Å²) in [5.74, 6) is 0.265. The highest BCUT2D eigenvalue weighted by Crippen LogP contribution is 2.29. The van der Waals surface area contributed by atoms with E-state index < -0.39 is 0 Å². The summed E-state index contributed by atoms with van der Waals surface area (Å²) in [6.07, 6.45) is 1.32. The molecule has 1 saturated carbocycles. The molecule has 4 heteroatoms. The highest BCUT2D eigenvalue weighted by Gasteiger charge is 2.29. The molecule has 1 aliphatic carbocycles. The highest BCUT2D eigenvalue weighted by molar-refractivity contribution is 5.97. The minimum atomic E-state index is -0.203. The molecule has 4 nitrogen and oxygen atoms in total. The predicted octanol–water partition coefficient (Wildman–Crippen LogP) is 1.54. The van der Waals surface area contributed by atoms with Crippen molar-refractivity contribution in [3.05, 3.63) is 29.3 Å². The quantitative estimate of drug-likeness (QED) is 0.854. The van der Waals surface area contributed by atoms with Crippen LogP contribution in [-0.2, 0) is 0 Å². The van der Waals surface area contributed by atoms with Gasteiger partial charge in [-0.05, 0) is 37.3 Å². The molecule has 0 bridgehead atoms. The van der Waals surface area contributed by atoms with Crippen LogP contribution in [0, 0.1) is 12.8 Å². The van der Waals surface area contributed by atoms with Crippen molar-refractivity contribution >= 4 is 5.91 Å². The van der Waals surface area contributed by atoms with Gasteiger partial charge in [-0.1, -0.05) is 12.1 Å². The second-order valence-corrected chi connectivity index (χ2v) is 5.15. The van der Waals surface area contributed by atoms with Crippen LogP contribution in [0.15, 0.2) is 18.2 Å². The molecule has 1 fully saturated rings. The maximum atomic E-state index is 12.2. The lowest BCUT2D eigenvalue weighted by molar-refractivity contribution is 0.0264. The maximum Gasteiger partial charge on any atom is 0.257 e. The van der Waals surface area contributed by atoms with E-state index in [-0.39, 0.29) is 17.8 Å². The molecule has 0 unspecified atom stereocenters. The number of phenolic OH excluding ortho intramolecular Hbond substituents is 1. The third-order valence-electron chi connectivity index (χ3n) is 3.56. The van der Waals surface area contributed by atoms with E-state index in [4.69, 9.17) is 0 Å². The zero-order valence-electron chi connectivity index (χ0n) is 10.8. The second kappa shape index (κ2) is 4.98. The number of hydrogen-bond acceptors (Lipinski definition) is 3. The summed E-state index contributed by atoms with van der Waals surface area (Å²) in [6.45, 7) is 2.40. The van der Waals surface area contributed by atoms with Crippen LogP contribution < -0.4 is 0 Å². The molecule has 1 amide bonds. The van der Waals surface area contributed by atoms with Crippen LogP contribution in [-0.4, -0.2) is 40.7 Å². The smallest absolute Gasteiger partial charge is 0.257 e. The molecule has 0 aromatic heterocycles. The van der Waals surface area contributed by atoms with E-state index in [1.54, 1.807) is 37.1 Å². The second-order valence-electron chi connectivity index (χ2n) is 5.15. The zero-order valence-corrected chi connectivity index (χ0v) is 10.8. The Morgan fingerprint density at radius 3 is 2.72 bits per heavy atom. The summed E-state index contributed by atoms with van der Waals surface area (Å²) in [7, 11) is 1.73. The largest absolute Gasteiger partial charge is 0.507 e. The minimum Gasteiger partial charge on any atom is -0.507 e.